The summed E-state index contributed by atoms with van der Waals surface area (Å²) < 4.78 is 15.7. The third-order valence-corrected chi connectivity index (χ3v) is 4.20. The largest absolute Gasteiger partial charge is 0.466 e. The molecule has 0 heterocycles. The molecule has 0 aliphatic rings. The van der Waals surface area contributed by atoms with Crippen molar-refractivity contribution in [3.8, 4) is 0 Å². The van der Waals surface area contributed by atoms with Crippen LogP contribution in [-0.4, -0.2) is 53.4 Å². The molecule has 1 unspecified atom stereocenters. The summed E-state index contributed by atoms with van der Waals surface area (Å²) in [5, 5.41) is 0.678. The SMILES string of the molecule is COC(=O)C(N=C(c1ccccc1)c1ccccc1)N(NC(=O)OC(C)(C)C)C(=O)OC(C)(C)C. The number of hydrazine groups is 1. The number of rotatable bonds is 5. The molecule has 9 nitrogen and oxygen atoms in total. The van der Waals surface area contributed by atoms with Crippen LogP contribution in [0, 0.1) is 0 Å². The number of hydrogen-bond donors (Lipinski definition) is 1. The maximum absolute atomic E-state index is 13.1. The summed E-state index contributed by atoms with van der Waals surface area (Å²) in [5.41, 5.74) is 2.32. The third kappa shape index (κ3) is 8.77. The fraction of sp³-hybridized carbons (Fsp3) is 0.385. The number of aliphatic imine (C=N–C) groups is 1. The van der Waals surface area contributed by atoms with E-state index in [9.17, 15) is 14.4 Å². The molecule has 0 aliphatic carbocycles. The van der Waals surface area contributed by atoms with Crippen LogP contribution in [0.15, 0.2) is 65.7 Å². The van der Waals surface area contributed by atoms with Gasteiger partial charge in [0, 0.05) is 11.1 Å². The molecule has 35 heavy (non-hydrogen) atoms. The lowest BCUT2D eigenvalue weighted by atomic mass is 10.0. The highest BCUT2D eigenvalue weighted by atomic mass is 16.6. The van der Waals surface area contributed by atoms with Crippen molar-refractivity contribution in [1.29, 1.82) is 0 Å². The number of esters is 1. The Bertz CT molecular complexity index is 999. The number of nitrogens with one attached hydrogen (secondary N) is 1. The molecular formula is C26H33N3O6. The van der Waals surface area contributed by atoms with Crippen molar-refractivity contribution < 1.29 is 28.6 Å². The van der Waals surface area contributed by atoms with E-state index in [1.165, 1.54) is 0 Å². The lowest BCUT2D eigenvalue weighted by Gasteiger charge is -2.31. The molecular weight excluding hydrogens is 450 g/mol. The summed E-state index contributed by atoms with van der Waals surface area (Å²) in [7, 11) is 1.16. The van der Waals surface area contributed by atoms with E-state index in [0.717, 1.165) is 7.11 Å². The van der Waals surface area contributed by atoms with Gasteiger partial charge < -0.3 is 14.2 Å². The van der Waals surface area contributed by atoms with Crippen LogP contribution < -0.4 is 5.43 Å². The first-order valence-electron chi connectivity index (χ1n) is 11.1. The summed E-state index contributed by atoms with van der Waals surface area (Å²) in [4.78, 5) is 43.2. The zero-order chi connectivity index (χ0) is 26.2. The van der Waals surface area contributed by atoms with E-state index in [0.29, 0.717) is 21.8 Å². The van der Waals surface area contributed by atoms with Crippen molar-refractivity contribution in [3.05, 3.63) is 71.8 Å². The first-order chi connectivity index (χ1) is 16.3. The lowest BCUT2D eigenvalue weighted by Crippen LogP contribution is -2.56. The molecule has 0 spiro atoms. The van der Waals surface area contributed by atoms with Gasteiger partial charge in [0.05, 0.1) is 12.8 Å². The van der Waals surface area contributed by atoms with Crippen LogP contribution in [0.25, 0.3) is 0 Å². The van der Waals surface area contributed by atoms with Gasteiger partial charge in [-0.25, -0.2) is 24.8 Å². The van der Waals surface area contributed by atoms with Gasteiger partial charge in [-0.15, -0.1) is 0 Å². The number of hydrogen-bond acceptors (Lipinski definition) is 7. The van der Waals surface area contributed by atoms with E-state index >= 15 is 0 Å². The standard InChI is InChI=1S/C26H33N3O6/c1-25(2,3)34-23(31)28-29(24(32)35-26(4,5)6)21(22(30)33-7)27-20(18-14-10-8-11-15-18)19-16-12-9-13-17-19/h8-17,21H,1-7H3,(H,28,31). The number of nitrogens with zero attached hydrogens (tertiary/aromatic N) is 2. The lowest BCUT2D eigenvalue weighted by molar-refractivity contribution is -0.147. The molecule has 188 valence electrons. The molecule has 2 amide bonds. The van der Waals surface area contributed by atoms with Crippen molar-refractivity contribution >= 4 is 23.9 Å². The molecule has 1 N–H and O–H groups in total. The van der Waals surface area contributed by atoms with Gasteiger partial charge >= 0.3 is 18.2 Å². The van der Waals surface area contributed by atoms with Crippen LogP contribution in [0.2, 0.25) is 0 Å². The zero-order valence-electron chi connectivity index (χ0n) is 21.2. The summed E-state index contributed by atoms with van der Waals surface area (Å²) in [6.45, 7) is 9.99. The monoisotopic (exact) mass is 483 g/mol. The average molecular weight is 484 g/mol. The molecule has 2 aromatic carbocycles. The highest BCUT2D eigenvalue weighted by molar-refractivity contribution is 6.13. The molecule has 2 aromatic rings. The Hall–Kier alpha value is -3.88. The van der Waals surface area contributed by atoms with Gasteiger partial charge in [0.25, 0.3) is 0 Å². The Morgan fingerprint density at radius 3 is 1.66 bits per heavy atom. The predicted molar refractivity (Wildman–Crippen MR) is 132 cm³/mol. The van der Waals surface area contributed by atoms with E-state index < -0.39 is 35.5 Å². The molecule has 0 aromatic heterocycles. The average Bonchev–Trinajstić information content (AvgIpc) is 2.77. The Labute approximate surface area is 206 Å². The molecule has 0 radical (unpaired) electrons. The number of amides is 2. The Morgan fingerprint density at radius 2 is 1.26 bits per heavy atom. The van der Waals surface area contributed by atoms with Crippen molar-refractivity contribution in [2.45, 2.75) is 58.9 Å². The third-order valence-electron chi connectivity index (χ3n) is 4.20. The van der Waals surface area contributed by atoms with E-state index in [-0.39, 0.29) is 0 Å². The van der Waals surface area contributed by atoms with Crippen LogP contribution in [0.4, 0.5) is 9.59 Å². The fourth-order valence-electron chi connectivity index (χ4n) is 2.87. The summed E-state index contributed by atoms with van der Waals surface area (Å²) >= 11 is 0. The van der Waals surface area contributed by atoms with E-state index in [1.807, 2.05) is 60.7 Å². The Kier molecular flexibility index (Phi) is 8.99. The van der Waals surface area contributed by atoms with Gasteiger partial charge in [-0.1, -0.05) is 60.7 Å². The van der Waals surface area contributed by atoms with Gasteiger partial charge in [-0.2, -0.15) is 5.01 Å². The highest BCUT2D eigenvalue weighted by Gasteiger charge is 2.37. The molecule has 1 atom stereocenters. The molecule has 2 rings (SSSR count). The number of methoxy groups -OCH3 is 1. The van der Waals surface area contributed by atoms with Crippen LogP contribution in [-0.2, 0) is 19.0 Å². The van der Waals surface area contributed by atoms with E-state index in [1.54, 1.807) is 41.5 Å². The number of carbonyl (C=O) groups is 3. The summed E-state index contributed by atoms with van der Waals surface area (Å²) in [5.74, 6) is -0.892. The highest BCUT2D eigenvalue weighted by Crippen LogP contribution is 2.17. The van der Waals surface area contributed by atoms with Gasteiger partial charge in [-0.3, -0.25) is 0 Å². The minimum Gasteiger partial charge on any atom is -0.466 e. The van der Waals surface area contributed by atoms with Gasteiger partial charge in [0.2, 0.25) is 6.17 Å². The van der Waals surface area contributed by atoms with Gasteiger partial charge in [0.15, 0.2) is 0 Å². The Morgan fingerprint density at radius 1 is 0.800 bits per heavy atom. The molecule has 0 fully saturated rings. The maximum Gasteiger partial charge on any atom is 0.431 e. The van der Waals surface area contributed by atoms with Crippen LogP contribution in [0.3, 0.4) is 0 Å². The second-order valence-corrected chi connectivity index (χ2v) is 9.57. The number of ether oxygens (including phenoxy) is 3. The van der Waals surface area contributed by atoms with Crippen molar-refractivity contribution in [2.75, 3.05) is 7.11 Å². The van der Waals surface area contributed by atoms with E-state index in [4.69, 9.17) is 14.2 Å². The van der Waals surface area contributed by atoms with Crippen LogP contribution >= 0.6 is 0 Å². The normalized spacial score (nSPS) is 12.1. The quantitative estimate of drug-likeness (QED) is 0.286. The second-order valence-electron chi connectivity index (χ2n) is 9.57. The van der Waals surface area contributed by atoms with Crippen LogP contribution in [0.5, 0.6) is 0 Å². The maximum atomic E-state index is 13.1. The molecule has 0 saturated carbocycles. The first-order valence-corrected chi connectivity index (χ1v) is 11.1. The smallest absolute Gasteiger partial charge is 0.431 e. The predicted octanol–water partition coefficient (Wildman–Crippen LogP) is 4.70. The zero-order valence-corrected chi connectivity index (χ0v) is 21.2. The van der Waals surface area contributed by atoms with Crippen molar-refractivity contribution in [3.63, 3.8) is 0 Å². The molecule has 0 bridgehead atoms. The minimum absolute atomic E-state index is 0.404. The first kappa shape index (κ1) is 27.4. The Balaban J connectivity index is 2.64. The van der Waals surface area contributed by atoms with Crippen molar-refractivity contribution in [2.24, 2.45) is 4.99 Å². The minimum atomic E-state index is -1.61. The summed E-state index contributed by atoms with van der Waals surface area (Å²) in [6, 6.07) is 18.3. The van der Waals surface area contributed by atoms with Gasteiger partial charge in [-0.05, 0) is 41.5 Å². The fourth-order valence-corrected chi connectivity index (χ4v) is 2.87. The molecule has 9 heteroatoms. The van der Waals surface area contributed by atoms with Crippen molar-refractivity contribution in [1.82, 2.24) is 10.4 Å². The number of benzene rings is 2. The van der Waals surface area contributed by atoms with Crippen LogP contribution in [0.1, 0.15) is 52.7 Å². The molecule has 0 aliphatic heterocycles. The second kappa shape index (κ2) is 11.5. The molecule has 0 saturated heterocycles. The summed E-state index contributed by atoms with van der Waals surface area (Å²) in [6.07, 6.45) is -3.59. The topological polar surface area (TPSA) is 107 Å². The van der Waals surface area contributed by atoms with Gasteiger partial charge in [0.1, 0.15) is 11.2 Å². The number of carbonyl (C=O) groups excluding carboxylic acids is 3. The van der Waals surface area contributed by atoms with E-state index in [2.05, 4.69) is 10.4 Å².